The number of benzene rings is 2. The number of imidazole rings is 1. The average molecular weight is 393 g/mol. The van der Waals surface area contributed by atoms with Crippen LogP contribution >= 0.6 is 0 Å². The first-order chi connectivity index (χ1) is 13.9. The zero-order valence-electron chi connectivity index (χ0n) is 17.2. The average Bonchev–Trinajstić information content (AvgIpc) is 3.28. The molecular weight excluding hydrogens is 366 g/mol. The van der Waals surface area contributed by atoms with Gasteiger partial charge in [0.05, 0.1) is 30.3 Å². The summed E-state index contributed by atoms with van der Waals surface area (Å²) < 4.78 is 7.59. The third kappa shape index (κ3) is 3.60. The van der Waals surface area contributed by atoms with Gasteiger partial charge in [-0.2, -0.15) is 0 Å². The second kappa shape index (κ2) is 7.52. The molecule has 6 heteroatoms. The van der Waals surface area contributed by atoms with Crippen LogP contribution in [0.4, 0.5) is 0 Å². The van der Waals surface area contributed by atoms with Crippen molar-refractivity contribution in [3.63, 3.8) is 0 Å². The smallest absolute Gasteiger partial charge is 0.335 e. The lowest BCUT2D eigenvalue weighted by Crippen LogP contribution is -2.28. The molecule has 2 aromatic carbocycles. The van der Waals surface area contributed by atoms with Crippen molar-refractivity contribution in [1.29, 1.82) is 0 Å². The highest BCUT2D eigenvalue weighted by molar-refractivity contribution is 5.92. The molecule has 4 rings (SSSR count). The molecule has 29 heavy (non-hydrogen) atoms. The standard InChI is InChI=1S/C23H27N3O3/c1-4-26-20-9-8-16(22(27)28)12-19(20)24-21(26)14-25-11-10-23(2,15-25)17-6-5-7-18(13-17)29-3/h5-9,12-13H,4,10-11,14-15H2,1-3H3,(H,27,28). The van der Waals surface area contributed by atoms with Crippen molar-refractivity contribution < 1.29 is 14.6 Å². The fourth-order valence-electron chi connectivity index (χ4n) is 4.41. The predicted octanol–water partition coefficient (Wildman–Crippen LogP) is 3.93. The molecule has 1 saturated heterocycles. The molecule has 2 heterocycles. The Bertz CT molecular complexity index is 1060. The third-order valence-electron chi connectivity index (χ3n) is 6.07. The summed E-state index contributed by atoms with van der Waals surface area (Å²) >= 11 is 0. The number of hydrogen-bond donors (Lipinski definition) is 1. The Kier molecular flexibility index (Phi) is 5.04. The van der Waals surface area contributed by atoms with Gasteiger partial charge in [0.1, 0.15) is 11.6 Å². The number of aryl methyl sites for hydroxylation is 1. The van der Waals surface area contributed by atoms with Crippen LogP contribution in [-0.4, -0.2) is 45.7 Å². The van der Waals surface area contributed by atoms with E-state index in [0.29, 0.717) is 0 Å². The van der Waals surface area contributed by atoms with E-state index >= 15 is 0 Å². The minimum absolute atomic E-state index is 0.0775. The van der Waals surface area contributed by atoms with E-state index < -0.39 is 5.97 Å². The van der Waals surface area contributed by atoms with E-state index in [9.17, 15) is 9.90 Å². The van der Waals surface area contributed by atoms with Crippen molar-refractivity contribution in [2.24, 2.45) is 0 Å². The highest BCUT2D eigenvalue weighted by Crippen LogP contribution is 2.36. The van der Waals surface area contributed by atoms with Crippen LogP contribution in [0.5, 0.6) is 5.75 Å². The van der Waals surface area contributed by atoms with Gasteiger partial charge in [-0.1, -0.05) is 19.1 Å². The number of methoxy groups -OCH3 is 1. The van der Waals surface area contributed by atoms with Crippen LogP contribution in [0.1, 0.15) is 42.0 Å². The first kappa shape index (κ1) is 19.5. The summed E-state index contributed by atoms with van der Waals surface area (Å²) in [6.45, 7) is 7.92. The van der Waals surface area contributed by atoms with Gasteiger partial charge in [0.2, 0.25) is 0 Å². The van der Waals surface area contributed by atoms with Crippen LogP contribution in [-0.2, 0) is 18.5 Å². The lowest BCUT2D eigenvalue weighted by Gasteiger charge is -2.26. The molecule has 0 spiro atoms. The van der Waals surface area contributed by atoms with Crippen molar-refractivity contribution in [2.45, 2.75) is 38.8 Å². The fourth-order valence-corrected chi connectivity index (χ4v) is 4.41. The van der Waals surface area contributed by atoms with Crippen molar-refractivity contribution in [3.05, 3.63) is 59.4 Å². The molecule has 152 valence electrons. The Morgan fingerprint density at radius 1 is 1.28 bits per heavy atom. The van der Waals surface area contributed by atoms with E-state index in [1.807, 2.05) is 12.1 Å². The second-order valence-electron chi connectivity index (χ2n) is 8.03. The summed E-state index contributed by atoms with van der Waals surface area (Å²) in [6, 6.07) is 13.5. The molecule has 1 aromatic heterocycles. The van der Waals surface area contributed by atoms with Crippen LogP contribution in [0.2, 0.25) is 0 Å². The van der Waals surface area contributed by atoms with Crippen molar-refractivity contribution in [3.8, 4) is 5.75 Å². The van der Waals surface area contributed by atoms with Crippen molar-refractivity contribution in [2.75, 3.05) is 20.2 Å². The van der Waals surface area contributed by atoms with Crippen LogP contribution in [0.25, 0.3) is 11.0 Å². The van der Waals surface area contributed by atoms with Gasteiger partial charge in [-0.15, -0.1) is 0 Å². The van der Waals surface area contributed by atoms with Crippen molar-refractivity contribution >= 4 is 17.0 Å². The Morgan fingerprint density at radius 3 is 2.83 bits per heavy atom. The van der Waals surface area contributed by atoms with E-state index in [-0.39, 0.29) is 11.0 Å². The number of likely N-dealkylation sites (tertiary alicyclic amines) is 1. The Morgan fingerprint density at radius 2 is 2.10 bits per heavy atom. The van der Waals surface area contributed by atoms with E-state index in [0.717, 1.165) is 55.2 Å². The topological polar surface area (TPSA) is 67.6 Å². The molecule has 1 aliphatic heterocycles. The maximum absolute atomic E-state index is 11.3. The van der Waals surface area contributed by atoms with Gasteiger partial charge in [0.25, 0.3) is 0 Å². The number of nitrogens with zero attached hydrogens (tertiary/aromatic N) is 3. The van der Waals surface area contributed by atoms with E-state index in [4.69, 9.17) is 9.72 Å². The van der Waals surface area contributed by atoms with E-state index in [2.05, 4.69) is 41.5 Å². The number of ether oxygens (including phenoxy) is 1. The van der Waals surface area contributed by atoms with Crippen LogP contribution in [0.15, 0.2) is 42.5 Å². The fraction of sp³-hybridized carbons (Fsp3) is 0.391. The number of carboxylic acid groups (broad SMARTS) is 1. The summed E-state index contributed by atoms with van der Waals surface area (Å²) in [5, 5.41) is 9.26. The van der Waals surface area contributed by atoms with E-state index in [1.165, 1.54) is 5.56 Å². The molecule has 0 aliphatic carbocycles. The summed E-state index contributed by atoms with van der Waals surface area (Å²) in [5.41, 5.74) is 3.39. The number of rotatable bonds is 6. The minimum Gasteiger partial charge on any atom is -0.497 e. The van der Waals surface area contributed by atoms with Gasteiger partial charge >= 0.3 is 5.97 Å². The molecule has 0 bridgehead atoms. The molecule has 1 atom stereocenters. The Balaban J connectivity index is 1.58. The van der Waals surface area contributed by atoms with Crippen LogP contribution in [0, 0.1) is 0 Å². The highest BCUT2D eigenvalue weighted by Gasteiger charge is 2.36. The SMILES string of the molecule is CCn1c(CN2CCC(C)(c3cccc(OC)c3)C2)nc2cc(C(=O)O)ccc21. The van der Waals surface area contributed by atoms with Crippen molar-refractivity contribution in [1.82, 2.24) is 14.5 Å². The molecule has 1 aliphatic rings. The molecule has 0 amide bonds. The summed E-state index contributed by atoms with van der Waals surface area (Å²) in [6.07, 6.45) is 1.08. The molecule has 1 unspecified atom stereocenters. The number of carboxylic acids is 1. The lowest BCUT2D eigenvalue weighted by molar-refractivity contribution is 0.0697. The molecule has 3 aromatic rings. The van der Waals surface area contributed by atoms with Crippen LogP contribution in [0.3, 0.4) is 0 Å². The molecule has 1 fully saturated rings. The maximum atomic E-state index is 11.3. The molecule has 6 nitrogen and oxygen atoms in total. The largest absolute Gasteiger partial charge is 0.497 e. The summed E-state index contributed by atoms with van der Waals surface area (Å²) in [4.78, 5) is 18.5. The third-order valence-corrected chi connectivity index (χ3v) is 6.07. The number of hydrogen-bond acceptors (Lipinski definition) is 4. The van der Waals surface area contributed by atoms with Gasteiger partial charge in [0, 0.05) is 18.5 Å². The number of carbonyl (C=O) groups is 1. The first-order valence-electron chi connectivity index (χ1n) is 10.0. The van der Waals surface area contributed by atoms with Crippen LogP contribution < -0.4 is 4.74 Å². The van der Waals surface area contributed by atoms with E-state index in [1.54, 1.807) is 19.2 Å². The zero-order valence-corrected chi connectivity index (χ0v) is 17.2. The van der Waals surface area contributed by atoms with Gasteiger partial charge in [-0.3, -0.25) is 4.90 Å². The Hall–Kier alpha value is -2.86. The predicted molar refractivity (Wildman–Crippen MR) is 113 cm³/mol. The monoisotopic (exact) mass is 393 g/mol. The molecule has 0 saturated carbocycles. The first-order valence-corrected chi connectivity index (χ1v) is 10.0. The zero-order chi connectivity index (χ0) is 20.6. The maximum Gasteiger partial charge on any atom is 0.335 e. The number of aromatic carboxylic acids is 1. The molecule has 0 radical (unpaired) electrons. The summed E-state index contributed by atoms with van der Waals surface area (Å²) in [7, 11) is 1.70. The highest BCUT2D eigenvalue weighted by atomic mass is 16.5. The summed E-state index contributed by atoms with van der Waals surface area (Å²) in [5.74, 6) is 0.956. The van der Waals surface area contributed by atoms with Gasteiger partial charge in [-0.25, -0.2) is 9.78 Å². The van der Waals surface area contributed by atoms with Gasteiger partial charge < -0.3 is 14.4 Å². The van der Waals surface area contributed by atoms with Gasteiger partial charge in [0.15, 0.2) is 0 Å². The van der Waals surface area contributed by atoms with Gasteiger partial charge in [-0.05, 0) is 55.8 Å². The minimum atomic E-state index is -0.923. The normalized spacial score (nSPS) is 19.7. The second-order valence-corrected chi connectivity index (χ2v) is 8.03. The molecule has 1 N–H and O–H groups in total. The number of aromatic nitrogens is 2. The quantitative estimate of drug-likeness (QED) is 0.687. The Labute approximate surface area is 170 Å². The lowest BCUT2D eigenvalue weighted by atomic mass is 9.82. The molecular formula is C23H27N3O3. The number of fused-ring (bicyclic) bond motifs is 1.